The molecule has 0 aromatic carbocycles. The van der Waals surface area contributed by atoms with Gasteiger partial charge < -0.3 is 65.1 Å². The molecule has 2 fully saturated rings. The van der Waals surface area contributed by atoms with Gasteiger partial charge in [-0.25, -0.2) is 0 Å². The number of carbonyl (C=O) groups is 1. The van der Waals surface area contributed by atoms with Gasteiger partial charge >= 0.3 is 0 Å². The molecule has 12 atom stereocenters. The first-order valence-corrected chi connectivity index (χ1v) is 40.1. The first kappa shape index (κ1) is 90.7. The van der Waals surface area contributed by atoms with Crippen LogP contribution in [0.25, 0.3) is 0 Å². The molecular weight excluding hydrogens is 1230 g/mol. The largest absolute Gasteiger partial charge is 0.394 e. The average molecular weight is 1380 g/mol. The molecule has 566 valence electrons. The van der Waals surface area contributed by atoms with Crippen molar-refractivity contribution in [1.82, 2.24) is 5.32 Å². The number of unbranched alkanes of at least 4 members (excludes halogenated alkanes) is 37. The Hall–Kier alpha value is -3.35. The van der Waals surface area contributed by atoms with Crippen LogP contribution in [0.2, 0.25) is 0 Å². The third-order valence-corrected chi connectivity index (χ3v) is 19.0. The predicted molar refractivity (Wildman–Crippen MR) is 406 cm³/mol. The van der Waals surface area contributed by atoms with Gasteiger partial charge in [0.2, 0.25) is 5.91 Å². The molecule has 0 bridgehead atoms. The van der Waals surface area contributed by atoms with E-state index in [2.05, 4.69) is 116 Å². The van der Waals surface area contributed by atoms with E-state index in [9.17, 15) is 45.6 Å². The molecule has 1 amide bonds. The molecule has 2 aliphatic rings. The van der Waals surface area contributed by atoms with Crippen molar-refractivity contribution in [1.29, 1.82) is 0 Å². The van der Waals surface area contributed by atoms with E-state index >= 15 is 0 Å². The molecule has 98 heavy (non-hydrogen) atoms. The third-order valence-electron chi connectivity index (χ3n) is 19.0. The van der Waals surface area contributed by atoms with Crippen molar-refractivity contribution < 1.29 is 64.6 Å². The van der Waals surface area contributed by atoms with Crippen LogP contribution in [0.5, 0.6) is 0 Å². The van der Waals surface area contributed by atoms with Crippen LogP contribution in [0.4, 0.5) is 0 Å². The Morgan fingerprint density at radius 3 is 1.08 bits per heavy atom. The standard InChI is InChI=1S/C84H147NO13/c1-3-5-7-9-11-13-15-17-19-21-23-25-27-29-30-31-32-33-34-35-36-37-38-39-40-41-42-44-46-48-50-52-54-56-58-60-62-64-66-68-76(89)85-72(71-95-83-81(94)79(92)82(75(70-87)97-83)98-84-80(93)78(91)77(90)74(69-86)96-84)73(88)67-65-63-61-59-57-55-53-51-49-47-45-43-28-26-24-22-20-18-16-14-12-10-8-6-4-2/h5,7,11,13,17,19,23,25,29-30,32-33,35-36,38-39,65,67,72-75,77-84,86-88,90-94H,3-4,6,8-10,12,14-16,18,20-22,24,26-28,31,34,37,40-64,66,68-71H2,1-2H3,(H,85,89)/b7-5-,13-11-,19-17-,25-23-,30-29-,33-32-,36-35-,39-38-,67-65+. The minimum atomic E-state index is -1.79. The van der Waals surface area contributed by atoms with Gasteiger partial charge in [-0.1, -0.05) is 342 Å². The van der Waals surface area contributed by atoms with Crippen molar-refractivity contribution in [2.45, 2.75) is 396 Å². The second-order valence-electron chi connectivity index (χ2n) is 27.8. The highest BCUT2D eigenvalue weighted by Gasteiger charge is 2.51. The predicted octanol–water partition coefficient (Wildman–Crippen LogP) is 18.2. The van der Waals surface area contributed by atoms with Crippen LogP contribution < -0.4 is 5.32 Å². The Morgan fingerprint density at radius 2 is 0.704 bits per heavy atom. The number of carbonyl (C=O) groups excluding carboxylic acids is 1. The normalized spacial score (nSPS) is 22.6. The van der Waals surface area contributed by atoms with Gasteiger partial charge in [0.05, 0.1) is 32.0 Å². The van der Waals surface area contributed by atoms with E-state index in [0.717, 1.165) is 89.9 Å². The SMILES string of the molecule is CC/C=C\C/C=C\C/C=C\C/C=C\C/C=C\C/C=C\C/C=C\C/C=C\CCCCCCCCCCCCCCCCC(=O)NC(COC1OC(CO)C(OC2OC(CO)C(O)C(O)C2O)C(O)C1O)C(O)/C=C/CCCCCCCCCCCCCCCCCCCCCCCCC. The summed E-state index contributed by atoms with van der Waals surface area (Å²) in [7, 11) is 0. The average Bonchev–Trinajstić information content (AvgIpc) is 0.793. The van der Waals surface area contributed by atoms with E-state index in [1.54, 1.807) is 6.08 Å². The van der Waals surface area contributed by atoms with E-state index in [-0.39, 0.29) is 18.9 Å². The van der Waals surface area contributed by atoms with Crippen molar-refractivity contribution in [2.24, 2.45) is 0 Å². The van der Waals surface area contributed by atoms with Gasteiger partial charge in [0.25, 0.3) is 0 Å². The molecule has 0 spiro atoms. The lowest BCUT2D eigenvalue weighted by molar-refractivity contribution is -0.359. The molecule has 14 heteroatoms. The maximum atomic E-state index is 13.4. The Morgan fingerprint density at radius 1 is 0.378 bits per heavy atom. The molecule has 9 N–H and O–H groups in total. The molecule has 0 aromatic heterocycles. The highest BCUT2D eigenvalue weighted by molar-refractivity contribution is 5.76. The van der Waals surface area contributed by atoms with Crippen molar-refractivity contribution in [3.05, 3.63) is 109 Å². The molecule has 0 radical (unpaired) electrons. The minimum Gasteiger partial charge on any atom is -0.394 e. The Balaban J connectivity index is 1.61. The summed E-state index contributed by atoms with van der Waals surface area (Å²) in [5, 5.41) is 87.7. The fourth-order valence-corrected chi connectivity index (χ4v) is 12.7. The molecule has 0 saturated carbocycles. The summed E-state index contributed by atoms with van der Waals surface area (Å²) in [5.74, 6) is -0.239. The molecular formula is C84H147NO13. The van der Waals surface area contributed by atoms with Gasteiger partial charge in [-0.3, -0.25) is 4.79 Å². The molecule has 2 heterocycles. The zero-order valence-electron chi connectivity index (χ0n) is 62.0. The fourth-order valence-electron chi connectivity index (χ4n) is 12.7. The van der Waals surface area contributed by atoms with E-state index in [1.165, 1.54) is 205 Å². The topological polar surface area (TPSA) is 228 Å². The number of hydrogen-bond donors (Lipinski definition) is 9. The number of amides is 1. The first-order chi connectivity index (χ1) is 48.1. The second-order valence-corrected chi connectivity index (χ2v) is 27.8. The molecule has 0 aliphatic carbocycles. The lowest BCUT2D eigenvalue weighted by atomic mass is 9.97. The molecule has 12 unspecified atom stereocenters. The van der Waals surface area contributed by atoms with Gasteiger partial charge in [0.15, 0.2) is 12.6 Å². The second kappa shape index (κ2) is 66.9. The van der Waals surface area contributed by atoms with E-state index in [4.69, 9.17) is 18.9 Å². The number of hydrogen-bond acceptors (Lipinski definition) is 13. The molecule has 0 aromatic rings. The van der Waals surface area contributed by atoms with E-state index in [1.807, 2.05) is 6.08 Å². The molecule has 2 saturated heterocycles. The van der Waals surface area contributed by atoms with Crippen molar-refractivity contribution >= 4 is 5.91 Å². The van der Waals surface area contributed by atoms with Gasteiger partial charge in [0.1, 0.15) is 48.8 Å². The highest BCUT2D eigenvalue weighted by atomic mass is 16.7. The summed E-state index contributed by atoms with van der Waals surface area (Å²) in [6, 6.07) is -0.922. The quantitative estimate of drug-likeness (QED) is 0.0204. The van der Waals surface area contributed by atoms with Crippen molar-refractivity contribution in [2.75, 3.05) is 19.8 Å². The van der Waals surface area contributed by atoms with Crippen LogP contribution in [0.3, 0.4) is 0 Å². The van der Waals surface area contributed by atoms with Gasteiger partial charge in [-0.15, -0.1) is 0 Å². The van der Waals surface area contributed by atoms with E-state index in [0.29, 0.717) is 6.42 Å². The highest BCUT2D eigenvalue weighted by Crippen LogP contribution is 2.30. The number of ether oxygens (including phenoxy) is 4. The van der Waals surface area contributed by atoms with Crippen LogP contribution in [0.15, 0.2) is 109 Å². The number of allylic oxidation sites excluding steroid dienone is 17. The van der Waals surface area contributed by atoms with Crippen LogP contribution in [0, 0.1) is 0 Å². The summed E-state index contributed by atoms with van der Waals surface area (Å²) in [6.45, 7) is 2.72. The lowest BCUT2D eigenvalue weighted by Crippen LogP contribution is -2.65. The molecule has 2 aliphatic heterocycles. The third kappa shape index (κ3) is 49.3. The summed E-state index contributed by atoms with van der Waals surface area (Å²) < 4.78 is 22.9. The first-order valence-electron chi connectivity index (χ1n) is 40.1. The summed E-state index contributed by atoms with van der Waals surface area (Å²) >= 11 is 0. The maximum Gasteiger partial charge on any atom is 0.220 e. The van der Waals surface area contributed by atoms with Crippen LogP contribution in [0.1, 0.15) is 322 Å². The monoisotopic (exact) mass is 1380 g/mol. The van der Waals surface area contributed by atoms with E-state index < -0.39 is 86.8 Å². The Kier molecular flexibility index (Phi) is 61.9. The Labute approximate surface area is 597 Å². The van der Waals surface area contributed by atoms with Gasteiger partial charge in [-0.05, 0) is 83.5 Å². The Bertz CT molecular complexity index is 2070. The number of aliphatic hydroxyl groups excluding tert-OH is 8. The molecule has 14 nitrogen and oxygen atoms in total. The van der Waals surface area contributed by atoms with Crippen LogP contribution in [-0.2, 0) is 23.7 Å². The number of rotatable bonds is 66. The molecule has 2 rings (SSSR count). The zero-order chi connectivity index (χ0) is 70.8. The van der Waals surface area contributed by atoms with Gasteiger partial charge in [-0.2, -0.15) is 0 Å². The summed E-state index contributed by atoms with van der Waals surface area (Å²) in [6.07, 6.45) is 80.1. The van der Waals surface area contributed by atoms with Crippen molar-refractivity contribution in [3.63, 3.8) is 0 Å². The van der Waals surface area contributed by atoms with Crippen LogP contribution >= 0.6 is 0 Å². The van der Waals surface area contributed by atoms with Crippen LogP contribution in [-0.4, -0.2) is 140 Å². The smallest absolute Gasteiger partial charge is 0.220 e. The maximum absolute atomic E-state index is 13.4. The summed E-state index contributed by atoms with van der Waals surface area (Å²) in [5.41, 5.74) is 0. The zero-order valence-corrected chi connectivity index (χ0v) is 62.0. The number of aliphatic hydroxyl groups is 8. The fraction of sp³-hybridized carbons (Fsp3) is 0.774. The summed E-state index contributed by atoms with van der Waals surface area (Å²) in [4.78, 5) is 13.4. The number of nitrogens with one attached hydrogen (secondary N) is 1. The minimum absolute atomic E-state index is 0.239. The van der Waals surface area contributed by atoms with Crippen molar-refractivity contribution in [3.8, 4) is 0 Å². The lowest BCUT2D eigenvalue weighted by Gasteiger charge is -2.46. The van der Waals surface area contributed by atoms with Gasteiger partial charge in [0, 0.05) is 6.42 Å².